The topological polar surface area (TPSA) is 152 Å². The van der Waals surface area contributed by atoms with Crippen LogP contribution in [0, 0.1) is 16.2 Å². The largest absolute Gasteiger partial charge is 0.394 e. The van der Waals surface area contributed by atoms with Crippen molar-refractivity contribution in [3.63, 3.8) is 0 Å². The second kappa shape index (κ2) is 7.94. The highest BCUT2D eigenvalue weighted by Crippen LogP contribution is 2.75. The van der Waals surface area contributed by atoms with E-state index in [4.69, 9.17) is 14.2 Å². The number of rotatable bonds is 5. The van der Waals surface area contributed by atoms with Crippen molar-refractivity contribution in [2.45, 2.75) is 119 Å². The maximum atomic E-state index is 12.4. The Balaban J connectivity index is 1.41. The fraction of sp³-hybridized carbons (Fsp3) is 0.923. The van der Waals surface area contributed by atoms with Crippen LogP contribution >= 0.6 is 0 Å². The first-order valence-electron chi connectivity index (χ1n) is 13.0. The van der Waals surface area contributed by atoms with E-state index in [0.717, 1.165) is 12.8 Å². The van der Waals surface area contributed by atoms with Gasteiger partial charge in [-0.05, 0) is 38.5 Å². The van der Waals surface area contributed by atoms with Crippen molar-refractivity contribution in [3.05, 3.63) is 12.7 Å². The van der Waals surface area contributed by atoms with E-state index in [2.05, 4.69) is 13.5 Å². The molecular weight excluding hydrogens is 456 g/mol. The fourth-order valence-corrected chi connectivity index (χ4v) is 8.37. The molecule has 0 bridgehead atoms. The number of hydrogen-bond donors (Lipinski definition) is 6. The summed E-state index contributed by atoms with van der Waals surface area (Å²) in [4.78, 5) is 0. The van der Waals surface area contributed by atoms with Gasteiger partial charge in [0.25, 0.3) is 0 Å². The van der Waals surface area contributed by atoms with Crippen molar-refractivity contribution in [3.8, 4) is 0 Å². The zero-order valence-electron chi connectivity index (χ0n) is 21.0. The number of epoxide rings is 1. The Labute approximate surface area is 206 Å². The van der Waals surface area contributed by atoms with Crippen molar-refractivity contribution in [1.29, 1.82) is 0 Å². The zero-order chi connectivity index (χ0) is 25.7. The number of fused-ring (bicyclic) bond motifs is 2. The van der Waals surface area contributed by atoms with Gasteiger partial charge in [0, 0.05) is 16.2 Å². The van der Waals surface area contributed by atoms with Crippen LogP contribution in [0.4, 0.5) is 0 Å². The molecule has 3 aliphatic carbocycles. The molecule has 0 unspecified atom stereocenters. The first kappa shape index (κ1) is 26.0. The predicted octanol–water partition coefficient (Wildman–Crippen LogP) is 0.379. The van der Waals surface area contributed by atoms with E-state index in [1.165, 1.54) is 0 Å². The van der Waals surface area contributed by atoms with Crippen LogP contribution in [0.2, 0.25) is 0 Å². The molecule has 0 aromatic carbocycles. The van der Waals surface area contributed by atoms with Gasteiger partial charge in [-0.2, -0.15) is 0 Å². The molecule has 12 atom stereocenters. The summed E-state index contributed by atoms with van der Waals surface area (Å²) in [5.74, 6) is 0. The lowest BCUT2D eigenvalue weighted by Crippen LogP contribution is -2.77. The smallest absolute Gasteiger partial charge is 0.186 e. The van der Waals surface area contributed by atoms with Gasteiger partial charge < -0.3 is 44.8 Å². The SMILES string of the molecule is C=C[C@]1(C)CC[C@@]2(O)[C@@]3(C)CCC[C@@](C)(CO[C@@H]4O[C@H](CO)[C@@H](O)[C@H](O)[C@H]4O)[C@@]3(O)CC[C@]23O[C@H]13. The van der Waals surface area contributed by atoms with Gasteiger partial charge in [-0.3, -0.25) is 0 Å². The second-order valence-electron chi connectivity index (χ2n) is 12.6. The fourth-order valence-electron chi connectivity index (χ4n) is 8.37. The quantitative estimate of drug-likeness (QED) is 0.233. The summed E-state index contributed by atoms with van der Waals surface area (Å²) in [5, 5.41) is 64.9. The summed E-state index contributed by atoms with van der Waals surface area (Å²) in [6, 6.07) is 0. The van der Waals surface area contributed by atoms with Crippen LogP contribution < -0.4 is 0 Å². The molecule has 0 aromatic heterocycles. The molecule has 35 heavy (non-hydrogen) atoms. The maximum absolute atomic E-state index is 12.4. The summed E-state index contributed by atoms with van der Waals surface area (Å²) < 4.78 is 17.8. The minimum Gasteiger partial charge on any atom is -0.394 e. The van der Waals surface area contributed by atoms with Gasteiger partial charge in [-0.15, -0.1) is 6.58 Å². The van der Waals surface area contributed by atoms with Gasteiger partial charge in [0.05, 0.1) is 24.9 Å². The summed E-state index contributed by atoms with van der Waals surface area (Å²) >= 11 is 0. The summed E-state index contributed by atoms with van der Waals surface area (Å²) in [5.41, 5.74) is -5.00. The molecule has 0 amide bonds. The Kier molecular flexibility index (Phi) is 5.90. The molecule has 3 saturated carbocycles. The van der Waals surface area contributed by atoms with Gasteiger partial charge in [0.1, 0.15) is 35.6 Å². The van der Waals surface area contributed by atoms with Gasteiger partial charge in [-0.25, -0.2) is 0 Å². The van der Waals surface area contributed by atoms with Crippen LogP contribution in [-0.2, 0) is 14.2 Å². The van der Waals surface area contributed by atoms with Gasteiger partial charge in [0.15, 0.2) is 6.29 Å². The lowest BCUT2D eigenvalue weighted by atomic mass is 9.39. The van der Waals surface area contributed by atoms with Crippen molar-refractivity contribution in [2.75, 3.05) is 13.2 Å². The maximum Gasteiger partial charge on any atom is 0.186 e. The van der Waals surface area contributed by atoms with Crippen molar-refractivity contribution < 1.29 is 44.8 Å². The molecule has 0 radical (unpaired) electrons. The minimum absolute atomic E-state index is 0.0134. The van der Waals surface area contributed by atoms with E-state index in [9.17, 15) is 30.6 Å². The molecule has 6 N–H and O–H groups in total. The number of hydrogen-bond acceptors (Lipinski definition) is 9. The van der Waals surface area contributed by atoms with E-state index in [-0.39, 0.29) is 18.1 Å². The first-order valence-corrected chi connectivity index (χ1v) is 13.0. The van der Waals surface area contributed by atoms with Crippen LogP contribution in [0.3, 0.4) is 0 Å². The third-order valence-corrected chi connectivity index (χ3v) is 11.0. The number of aliphatic hydroxyl groups is 6. The van der Waals surface area contributed by atoms with Gasteiger partial charge in [-0.1, -0.05) is 33.3 Å². The molecular formula is C26H42O9. The highest BCUT2D eigenvalue weighted by Gasteiger charge is 2.85. The molecule has 5 fully saturated rings. The molecule has 2 heterocycles. The molecule has 0 aromatic rings. The normalized spacial score (nSPS) is 59.7. The van der Waals surface area contributed by atoms with E-state index in [0.29, 0.717) is 32.1 Å². The molecule has 5 aliphatic rings. The molecule has 200 valence electrons. The summed E-state index contributed by atoms with van der Waals surface area (Å²) in [6.45, 7) is 9.54. The molecule has 9 heteroatoms. The average Bonchev–Trinajstić information content (AvgIpc) is 3.59. The molecule has 2 aliphatic heterocycles. The molecule has 5 rings (SSSR count). The third kappa shape index (κ3) is 3.08. The summed E-state index contributed by atoms with van der Waals surface area (Å²) in [7, 11) is 0. The van der Waals surface area contributed by atoms with E-state index in [1.54, 1.807) is 0 Å². The van der Waals surface area contributed by atoms with Crippen LogP contribution in [-0.4, -0.2) is 97.5 Å². The van der Waals surface area contributed by atoms with E-state index < -0.39 is 64.9 Å². The van der Waals surface area contributed by atoms with Crippen molar-refractivity contribution in [2.24, 2.45) is 16.2 Å². The Morgan fingerprint density at radius 3 is 2.26 bits per heavy atom. The van der Waals surface area contributed by atoms with E-state index >= 15 is 0 Å². The van der Waals surface area contributed by atoms with Crippen LogP contribution in [0.1, 0.15) is 65.7 Å². The van der Waals surface area contributed by atoms with Gasteiger partial charge >= 0.3 is 0 Å². The monoisotopic (exact) mass is 498 g/mol. The predicted molar refractivity (Wildman–Crippen MR) is 124 cm³/mol. The number of ether oxygens (including phenoxy) is 3. The molecule has 2 saturated heterocycles. The Morgan fingerprint density at radius 1 is 0.914 bits per heavy atom. The van der Waals surface area contributed by atoms with Crippen LogP contribution in [0.25, 0.3) is 0 Å². The van der Waals surface area contributed by atoms with Crippen LogP contribution in [0.5, 0.6) is 0 Å². The first-order chi connectivity index (χ1) is 16.3. The lowest BCUT2D eigenvalue weighted by Gasteiger charge is -2.69. The zero-order valence-corrected chi connectivity index (χ0v) is 21.0. The standard InChI is InChI=1S/C26H42O9/c1-5-21(2)9-11-26(32)23(4)8-6-7-22(3,25(23,31)12-10-24(26)20(21)35-24)14-33-19-18(30)17(29)16(28)15(13-27)34-19/h5,15-20,27-32H,1,6-14H2,2-4H3/t15-,16-,17+,18-,19-,20-,21-,22+,23+,24-,25+,26-/m1/s1. The highest BCUT2D eigenvalue weighted by atomic mass is 16.7. The van der Waals surface area contributed by atoms with Crippen LogP contribution in [0.15, 0.2) is 12.7 Å². The van der Waals surface area contributed by atoms with Gasteiger partial charge in [0.2, 0.25) is 0 Å². The summed E-state index contributed by atoms with van der Waals surface area (Å²) in [6.07, 6.45) is -0.740. The van der Waals surface area contributed by atoms with E-state index in [1.807, 2.05) is 19.9 Å². The Hall–Kier alpha value is -0.620. The molecule has 1 spiro atoms. The van der Waals surface area contributed by atoms with Crippen molar-refractivity contribution >= 4 is 0 Å². The molecule has 9 nitrogen and oxygen atoms in total. The second-order valence-corrected chi connectivity index (χ2v) is 12.6. The van der Waals surface area contributed by atoms with Crippen molar-refractivity contribution in [1.82, 2.24) is 0 Å². The Morgan fingerprint density at radius 2 is 1.60 bits per heavy atom. The minimum atomic E-state index is -1.53. The lowest BCUT2D eigenvalue weighted by molar-refractivity contribution is -0.336. The third-order valence-electron chi connectivity index (χ3n) is 11.0. The Bertz CT molecular complexity index is 868. The average molecular weight is 499 g/mol. The highest BCUT2D eigenvalue weighted by molar-refractivity contribution is 5.35. The number of aliphatic hydroxyl groups excluding tert-OH is 4.